The molecule has 0 fully saturated rings. The molecule has 0 N–H and O–H groups in total. The van der Waals surface area contributed by atoms with E-state index < -0.39 is 59.8 Å². The lowest BCUT2D eigenvalue weighted by atomic mass is 9.87. The summed E-state index contributed by atoms with van der Waals surface area (Å²) in [5.41, 5.74) is -0.985. The zero-order valence-corrected chi connectivity index (χ0v) is 20.1. The van der Waals surface area contributed by atoms with Gasteiger partial charge in [-0.3, -0.25) is 0 Å². The average molecular weight is 630 g/mol. The van der Waals surface area contributed by atoms with Gasteiger partial charge in [-0.15, -0.1) is 0 Å². The van der Waals surface area contributed by atoms with Crippen molar-refractivity contribution >= 4 is 0 Å². The van der Waals surface area contributed by atoms with Gasteiger partial charge in [-0.1, -0.05) is 42.0 Å². The van der Waals surface area contributed by atoms with Crippen LogP contribution in [-0.2, 0) is 12.5 Å². The lowest BCUT2D eigenvalue weighted by molar-refractivity contribution is -0.462. The molecule has 0 atom stereocenters. The summed E-state index contributed by atoms with van der Waals surface area (Å²) < 4.78 is 234. The maximum absolute atomic E-state index is 14.4. The lowest BCUT2D eigenvalue weighted by Crippen LogP contribution is -2.74. The van der Waals surface area contributed by atoms with E-state index in [9.17, 15) is 74.6 Å². The van der Waals surface area contributed by atoms with Crippen molar-refractivity contribution in [2.24, 2.45) is 0 Å². The third kappa shape index (κ3) is 5.15. The summed E-state index contributed by atoms with van der Waals surface area (Å²) in [5.74, 6) is -56.4. The summed E-state index contributed by atoms with van der Waals surface area (Å²) in [6.45, 7) is 2.87. The summed E-state index contributed by atoms with van der Waals surface area (Å²) in [6.07, 6.45) is -7.79. The summed E-state index contributed by atoms with van der Waals surface area (Å²) in [6, 6.07) is 5.65. The van der Waals surface area contributed by atoms with Crippen molar-refractivity contribution in [2.45, 2.75) is 68.1 Å². The first-order valence-electron chi connectivity index (χ1n) is 10.6. The molecule has 18 heteroatoms. The maximum atomic E-state index is 14.4. The highest BCUT2D eigenvalue weighted by Gasteiger charge is 2.95. The van der Waals surface area contributed by atoms with Crippen LogP contribution in [0.15, 0.2) is 42.5 Å². The van der Waals surface area contributed by atoms with Gasteiger partial charge in [-0.2, -0.15) is 74.6 Å². The fourth-order valence-corrected chi connectivity index (χ4v) is 3.28. The molecule has 232 valence electrons. The summed E-state index contributed by atoms with van der Waals surface area (Å²) in [7, 11) is 0. The highest BCUT2D eigenvalue weighted by molar-refractivity contribution is 5.36. The second-order valence-corrected chi connectivity index (χ2v) is 8.77. The first kappa shape index (κ1) is 34.3. The zero-order valence-electron chi connectivity index (χ0n) is 20.1. The molecule has 0 saturated heterocycles. The van der Waals surface area contributed by atoms with Crippen molar-refractivity contribution < 1.29 is 79.4 Å². The Labute approximate surface area is 218 Å². The number of halogens is 17. The van der Waals surface area contributed by atoms with Gasteiger partial charge >= 0.3 is 47.6 Å². The molecule has 2 aromatic carbocycles. The van der Waals surface area contributed by atoms with E-state index in [1.165, 1.54) is 6.07 Å². The first-order valence-corrected chi connectivity index (χ1v) is 10.6. The highest BCUT2D eigenvalue weighted by atomic mass is 19.4. The molecule has 0 aromatic heterocycles. The first-order chi connectivity index (χ1) is 18.1. The van der Waals surface area contributed by atoms with E-state index in [0.29, 0.717) is 17.7 Å². The molecule has 0 radical (unpaired) electrons. The summed E-state index contributed by atoms with van der Waals surface area (Å²) >= 11 is 0. The van der Waals surface area contributed by atoms with Gasteiger partial charge in [-0.05, 0) is 31.0 Å². The average Bonchev–Trinajstić information content (AvgIpc) is 2.82. The molecule has 0 unspecified atom stereocenters. The molecule has 0 amide bonds. The van der Waals surface area contributed by atoms with Crippen molar-refractivity contribution in [3.63, 3.8) is 0 Å². The SMILES string of the molecule is Cc1ccc(OCc2ccc(C(F)(F)C(F)(F)C(F)(F)C(F)(F)C(F)(F)C(F)(F)C(F)(F)C(F)(F)F)cc2)c(C)c1. The van der Waals surface area contributed by atoms with E-state index >= 15 is 0 Å². The van der Waals surface area contributed by atoms with E-state index in [1.54, 1.807) is 26.0 Å². The molecule has 0 heterocycles. The van der Waals surface area contributed by atoms with Crippen LogP contribution in [0.1, 0.15) is 22.3 Å². The van der Waals surface area contributed by atoms with Crippen LogP contribution in [0.5, 0.6) is 5.75 Å². The van der Waals surface area contributed by atoms with Crippen LogP contribution in [0.25, 0.3) is 0 Å². The fourth-order valence-electron chi connectivity index (χ4n) is 3.28. The van der Waals surface area contributed by atoms with Crippen molar-refractivity contribution in [1.29, 1.82) is 0 Å². The molecule has 2 rings (SSSR count). The number of rotatable bonds is 10. The van der Waals surface area contributed by atoms with Crippen LogP contribution in [0.2, 0.25) is 0 Å². The summed E-state index contributed by atoms with van der Waals surface area (Å²) in [4.78, 5) is 0. The minimum Gasteiger partial charge on any atom is -0.489 e. The van der Waals surface area contributed by atoms with Gasteiger partial charge in [0.05, 0.1) is 0 Å². The Kier molecular flexibility index (Phi) is 8.44. The number of benzene rings is 2. The topological polar surface area (TPSA) is 9.23 Å². The number of hydrogen-bond acceptors (Lipinski definition) is 1. The van der Waals surface area contributed by atoms with E-state index in [4.69, 9.17) is 4.74 Å². The second kappa shape index (κ2) is 10.1. The van der Waals surface area contributed by atoms with Crippen molar-refractivity contribution in [3.05, 3.63) is 64.7 Å². The third-order valence-corrected chi connectivity index (χ3v) is 5.76. The molecule has 41 heavy (non-hydrogen) atoms. The number of aryl methyl sites for hydroxylation is 2. The predicted octanol–water partition coefficient (Wildman–Crippen LogP) is 9.35. The maximum Gasteiger partial charge on any atom is 0.460 e. The van der Waals surface area contributed by atoms with E-state index in [0.717, 1.165) is 5.56 Å². The van der Waals surface area contributed by atoms with Crippen LogP contribution in [0.4, 0.5) is 74.6 Å². The van der Waals surface area contributed by atoms with Crippen LogP contribution < -0.4 is 4.74 Å². The Morgan fingerprint density at radius 1 is 0.512 bits per heavy atom. The monoisotopic (exact) mass is 630 g/mol. The predicted molar refractivity (Wildman–Crippen MR) is 106 cm³/mol. The van der Waals surface area contributed by atoms with Gasteiger partial charge in [0.15, 0.2) is 0 Å². The zero-order chi connectivity index (χ0) is 32.3. The molecule has 0 aliphatic heterocycles. The van der Waals surface area contributed by atoms with Gasteiger partial charge in [0.1, 0.15) is 12.4 Å². The van der Waals surface area contributed by atoms with E-state index in [2.05, 4.69) is 0 Å². The largest absolute Gasteiger partial charge is 0.489 e. The van der Waals surface area contributed by atoms with E-state index in [1.807, 2.05) is 0 Å². The Morgan fingerprint density at radius 2 is 0.927 bits per heavy atom. The molecular weight excluding hydrogens is 615 g/mol. The molecule has 0 saturated carbocycles. The third-order valence-electron chi connectivity index (χ3n) is 5.76. The van der Waals surface area contributed by atoms with Crippen LogP contribution in [-0.4, -0.2) is 41.7 Å². The van der Waals surface area contributed by atoms with E-state index in [-0.39, 0.29) is 23.4 Å². The van der Waals surface area contributed by atoms with Crippen molar-refractivity contribution in [3.8, 4) is 5.75 Å². The van der Waals surface area contributed by atoms with Crippen molar-refractivity contribution in [2.75, 3.05) is 0 Å². The van der Waals surface area contributed by atoms with Crippen LogP contribution in [0, 0.1) is 13.8 Å². The number of ether oxygens (including phenoxy) is 1. The fraction of sp³-hybridized carbons (Fsp3) is 0.478. The van der Waals surface area contributed by atoms with Gasteiger partial charge in [0, 0.05) is 5.56 Å². The Morgan fingerprint density at radius 3 is 1.34 bits per heavy atom. The molecule has 0 bridgehead atoms. The van der Waals surface area contributed by atoms with Crippen molar-refractivity contribution in [1.82, 2.24) is 0 Å². The smallest absolute Gasteiger partial charge is 0.460 e. The summed E-state index contributed by atoms with van der Waals surface area (Å²) in [5, 5.41) is 0. The quantitative estimate of drug-likeness (QED) is 0.238. The van der Waals surface area contributed by atoms with Gasteiger partial charge in [0.2, 0.25) is 0 Å². The minimum absolute atomic E-state index is 0.0760. The number of alkyl halides is 17. The van der Waals surface area contributed by atoms with Gasteiger partial charge in [0.25, 0.3) is 0 Å². The normalized spacial score (nSPS) is 14.8. The van der Waals surface area contributed by atoms with Gasteiger partial charge in [-0.25, -0.2) is 0 Å². The number of hydrogen-bond donors (Lipinski definition) is 0. The van der Waals surface area contributed by atoms with Crippen LogP contribution in [0.3, 0.4) is 0 Å². The minimum atomic E-state index is -8.66. The molecule has 0 aliphatic carbocycles. The Bertz CT molecular complexity index is 1230. The van der Waals surface area contributed by atoms with Gasteiger partial charge < -0.3 is 4.74 Å². The standard InChI is InChI=1S/C23H15F17O/c1-11-3-8-15(12(2)9-11)41-10-13-4-6-14(7-5-13)16(24,25)17(26,27)18(28,29)19(30,31)20(32,33)21(34,35)22(36,37)23(38,39)40/h3-9H,10H2,1-2H3. The van der Waals surface area contributed by atoms with Crippen LogP contribution >= 0.6 is 0 Å². The molecule has 2 aromatic rings. The second-order valence-electron chi connectivity index (χ2n) is 8.77. The molecule has 0 aliphatic rings. The lowest BCUT2D eigenvalue weighted by Gasteiger charge is -2.42. The molecule has 0 spiro atoms. The molecule has 1 nitrogen and oxygen atoms in total. The highest BCUT2D eigenvalue weighted by Crippen LogP contribution is 2.65. The molecular formula is C23H15F17O. The Hall–Kier alpha value is -2.95. The Balaban J connectivity index is 2.44.